The molecule has 0 radical (unpaired) electrons. The molecule has 3 nitrogen and oxygen atoms in total. The van der Waals surface area contributed by atoms with Crippen LogP contribution in [0.25, 0.3) is 21.6 Å². The number of rotatable bonds is 2. The van der Waals surface area contributed by atoms with Gasteiger partial charge in [0.1, 0.15) is 22.0 Å². The van der Waals surface area contributed by atoms with Crippen molar-refractivity contribution in [1.29, 1.82) is 0 Å². The van der Waals surface area contributed by atoms with Crippen molar-refractivity contribution in [3.05, 3.63) is 47.1 Å². The summed E-state index contributed by atoms with van der Waals surface area (Å²) in [6.07, 6.45) is 0. The van der Waals surface area contributed by atoms with Crippen molar-refractivity contribution in [3.63, 3.8) is 0 Å². The first-order valence-electron chi connectivity index (χ1n) is 5.16. The van der Waals surface area contributed by atoms with Crippen LogP contribution in [0.4, 0.5) is 4.39 Å². The Morgan fingerprint density at radius 2 is 2.06 bits per heavy atom. The van der Waals surface area contributed by atoms with Crippen molar-refractivity contribution >= 4 is 28.3 Å². The lowest BCUT2D eigenvalue weighted by atomic mass is 10.2. The minimum Gasteiger partial charge on any atom is -0.477 e. The van der Waals surface area contributed by atoms with Crippen molar-refractivity contribution < 1.29 is 18.7 Å². The van der Waals surface area contributed by atoms with Crippen molar-refractivity contribution in [2.24, 2.45) is 0 Å². The Labute approximate surface area is 105 Å². The number of carbonyl (C=O) groups is 1. The van der Waals surface area contributed by atoms with Crippen LogP contribution in [0.1, 0.15) is 9.67 Å². The van der Waals surface area contributed by atoms with Gasteiger partial charge in [-0.25, -0.2) is 9.18 Å². The van der Waals surface area contributed by atoms with Crippen LogP contribution in [-0.2, 0) is 0 Å². The molecule has 1 N–H and O–H groups in total. The lowest BCUT2D eigenvalue weighted by Crippen LogP contribution is -1.89. The molecule has 0 aliphatic rings. The van der Waals surface area contributed by atoms with Gasteiger partial charge in [0.25, 0.3) is 0 Å². The maximum Gasteiger partial charge on any atom is 0.345 e. The second-order valence-electron chi connectivity index (χ2n) is 3.76. The zero-order valence-corrected chi connectivity index (χ0v) is 9.83. The number of carboxylic acid groups (broad SMARTS) is 1. The summed E-state index contributed by atoms with van der Waals surface area (Å²) in [6.45, 7) is 0. The molecule has 0 atom stereocenters. The molecule has 0 saturated carbocycles. The fourth-order valence-corrected chi connectivity index (χ4v) is 2.52. The lowest BCUT2D eigenvalue weighted by molar-refractivity contribution is 0.0702. The molecular formula is C13H7FO3S. The standard InChI is InChI=1S/C13H7FO3S/c14-8-1-2-9-7(5-8)6-10(17-9)11-3-4-12(18-11)13(15)16/h1-6H,(H,15,16). The van der Waals surface area contributed by atoms with E-state index < -0.39 is 5.97 Å². The first kappa shape index (κ1) is 11.0. The molecule has 0 aliphatic heterocycles. The fourth-order valence-electron chi connectivity index (χ4n) is 1.72. The molecule has 2 heterocycles. The van der Waals surface area contributed by atoms with E-state index in [9.17, 15) is 9.18 Å². The largest absolute Gasteiger partial charge is 0.477 e. The summed E-state index contributed by atoms with van der Waals surface area (Å²) in [5.41, 5.74) is 0.580. The molecule has 0 saturated heterocycles. The quantitative estimate of drug-likeness (QED) is 0.759. The highest BCUT2D eigenvalue weighted by Gasteiger charge is 2.12. The number of aromatic carboxylic acids is 1. The highest BCUT2D eigenvalue weighted by molar-refractivity contribution is 7.17. The summed E-state index contributed by atoms with van der Waals surface area (Å²) < 4.78 is 18.6. The molecule has 5 heteroatoms. The first-order valence-corrected chi connectivity index (χ1v) is 5.98. The molecule has 0 amide bonds. The van der Waals surface area contributed by atoms with Crippen LogP contribution in [0.5, 0.6) is 0 Å². The van der Waals surface area contributed by atoms with Crippen LogP contribution in [0, 0.1) is 5.82 Å². The van der Waals surface area contributed by atoms with E-state index in [4.69, 9.17) is 9.52 Å². The summed E-state index contributed by atoms with van der Waals surface area (Å²) in [6, 6.07) is 9.18. The Kier molecular flexibility index (Phi) is 2.41. The van der Waals surface area contributed by atoms with Crippen molar-refractivity contribution in [2.75, 3.05) is 0 Å². The topological polar surface area (TPSA) is 50.4 Å². The van der Waals surface area contributed by atoms with Gasteiger partial charge in [-0.15, -0.1) is 11.3 Å². The minimum absolute atomic E-state index is 0.247. The number of fused-ring (bicyclic) bond motifs is 1. The van der Waals surface area contributed by atoms with Crippen LogP contribution >= 0.6 is 11.3 Å². The first-order chi connectivity index (χ1) is 8.63. The number of furan rings is 1. The summed E-state index contributed by atoms with van der Waals surface area (Å²) in [7, 11) is 0. The summed E-state index contributed by atoms with van der Waals surface area (Å²) in [5.74, 6) is -0.742. The Balaban J connectivity index is 2.10. The van der Waals surface area contributed by atoms with Gasteiger partial charge in [-0.2, -0.15) is 0 Å². The Morgan fingerprint density at radius 3 is 2.78 bits per heavy atom. The molecule has 0 fully saturated rings. The Morgan fingerprint density at radius 1 is 1.22 bits per heavy atom. The molecule has 0 aliphatic carbocycles. The van der Waals surface area contributed by atoms with Gasteiger partial charge in [-0.1, -0.05) is 0 Å². The average Bonchev–Trinajstić information content (AvgIpc) is 2.93. The van der Waals surface area contributed by atoms with E-state index in [2.05, 4.69) is 0 Å². The number of carboxylic acids is 1. The average molecular weight is 262 g/mol. The van der Waals surface area contributed by atoms with Crippen LogP contribution in [0.2, 0.25) is 0 Å². The third kappa shape index (κ3) is 1.78. The summed E-state index contributed by atoms with van der Waals surface area (Å²) in [5, 5.41) is 9.51. The van der Waals surface area contributed by atoms with Gasteiger partial charge in [0.15, 0.2) is 0 Å². The monoisotopic (exact) mass is 262 g/mol. The second kappa shape index (κ2) is 3.96. The van der Waals surface area contributed by atoms with Crippen LogP contribution in [0.15, 0.2) is 40.8 Å². The summed E-state index contributed by atoms with van der Waals surface area (Å²) >= 11 is 1.13. The van der Waals surface area contributed by atoms with E-state index in [1.54, 1.807) is 18.2 Å². The maximum absolute atomic E-state index is 13.0. The van der Waals surface area contributed by atoms with Gasteiger partial charge in [-0.3, -0.25) is 0 Å². The van der Waals surface area contributed by atoms with E-state index >= 15 is 0 Å². The van der Waals surface area contributed by atoms with E-state index in [0.29, 0.717) is 21.6 Å². The van der Waals surface area contributed by atoms with Gasteiger partial charge in [0, 0.05) is 5.39 Å². The minimum atomic E-state index is -0.964. The summed E-state index contributed by atoms with van der Waals surface area (Å²) in [4.78, 5) is 11.8. The third-order valence-corrected chi connectivity index (χ3v) is 3.63. The van der Waals surface area contributed by atoms with E-state index in [0.717, 1.165) is 11.3 Å². The fraction of sp³-hybridized carbons (Fsp3) is 0. The normalized spacial score (nSPS) is 10.9. The predicted molar refractivity (Wildman–Crippen MR) is 66.4 cm³/mol. The zero-order chi connectivity index (χ0) is 12.7. The van der Waals surface area contributed by atoms with Crippen molar-refractivity contribution in [2.45, 2.75) is 0 Å². The Hall–Kier alpha value is -2.14. The molecular weight excluding hydrogens is 255 g/mol. The number of benzene rings is 1. The molecule has 90 valence electrons. The number of hydrogen-bond acceptors (Lipinski definition) is 3. The SMILES string of the molecule is O=C(O)c1ccc(-c2cc3cc(F)ccc3o2)s1. The van der Waals surface area contributed by atoms with E-state index in [-0.39, 0.29) is 10.7 Å². The molecule has 2 aromatic heterocycles. The number of halogens is 1. The molecule has 3 rings (SSSR count). The maximum atomic E-state index is 13.0. The highest BCUT2D eigenvalue weighted by Crippen LogP contribution is 2.32. The molecule has 18 heavy (non-hydrogen) atoms. The van der Waals surface area contributed by atoms with Gasteiger partial charge in [0.2, 0.25) is 0 Å². The number of thiophene rings is 1. The van der Waals surface area contributed by atoms with Gasteiger partial charge >= 0.3 is 5.97 Å². The third-order valence-electron chi connectivity index (χ3n) is 2.54. The van der Waals surface area contributed by atoms with E-state index in [1.165, 1.54) is 18.2 Å². The van der Waals surface area contributed by atoms with E-state index in [1.807, 2.05) is 0 Å². The van der Waals surface area contributed by atoms with Crippen molar-refractivity contribution in [3.8, 4) is 10.6 Å². The molecule has 1 aromatic carbocycles. The number of hydrogen-bond donors (Lipinski definition) is 1. The smallest absolute Gasteiger partial charge is 0.345 e. The van der Waals surface area contributed by atoms with Gasteiger partial charge in [-0.05, 0) is 36.4 Å². The second-order valence-corrected chi connectivity index (χ2v) is 4.85. The highest BCUT2D eigenvalue weighted by atomic mass is 32.1. The lowest BCUT2D eigenvalue weighted by Gasteiger charge is -1.88. The van der Waals surface area contributed by atoms with Crippen LogP contribution in [-0.4, -0.2) is 11.1 Å². The zero-order valence-electron chi connectivity index (χ0n) is 9.01. The van der Waals surface area contributed by atoms with Crippen molar-refractivity contribution in [1.82, 2.24) is 0 Å². The molecule has 0 bridgehead atoms. The van der Waals surface area contributed by atoms with Crippen LogP contribution in [0.3, 0.4) is 0 Å². The Bertz CT molecular complexity index is 742. The predicted octanol–water partition coefficient (Wildman–Crippen LogP) is 4.00. The molecule has 3 aromatic rings. The van der Waals surface area contributed by atoms with Gasteiger partial charge in [0.05, 0.1) is 4.88 Å². The van der Waals surface area contributed by atoms with Gasteiger partial charge < -0.3 is 9.52 Å². The molecule has 0 unspecified atom stereocenters. The van der Waals surface area contributed by atoms with Crippen LogP contribution < -0.4 is 0 Å². The molecule has 0 spiro atoms.